The lowest BCUT2D eigenvalue weighted by molar-refractivity contribution is 0.579. The molecule has 19 heavy (non-hydrogen) atoms. The van der Waals surface area contributed by atoms with Crippen molar-refractivity contribution in [3.05, 3.63) is 30.5 Å². The number of aromatic nitrogens is 1. The van der Waals surface area contributed by atoms with Crippen molar-refractivity contribution in [2.45, 2.75) is 0 Å². The topological polar surface area (TPSA) is 112 Å². The van der Waals surface area contributed by atoms with Gasteiger partial charge in [-0.25, -0.2) is 4.99 Å². The second-order valence-electron chi connectivity index (χ2n) is 3.67. The molecule has 2 rings (SSSR count). The third kappa shape index (κ3) is 3.32. The quantitative estimate of drug-likeness (QED) is 0.490. The summed E-state index contributed by atoms with van der Waals surface area (Å²) in [5.41, 5.74) is 7.51. The molecule has 0 aliphatic carbocycles. The molecule has 1 aromatic carbocycles. The summed E-state index contributed by atoms with van der Waals surface area (Å²) in [6.45, 7) is 0. The van der Waals surface area contributed by atoms with Gasteiger partial charge in [-0.1, -0.05) is 12.1 Å². The predicted molar refractivity (Wildman–Crippen MR) is 74.7 cm³/mol. The van der Waals surface area contributed by atoms with Crippen molar-refractivity contribution in [1.82, 2.24) is 10.3 Å². The van der Waals surface area contributed by atoms with E-state index in [0.29, 0.717) is 5.69 Å². The molecular weight excluding hydrogens is 244 g/mol. The average Bonchev–Trinajstić information content (AvgIpc) is 2.84. The van der Waals surface area contributed by atoms with Gasteiger partial charge in [0.05, 0.1) is 12.0 Å². The molecule has 0 radical (unpaired) electrons. The van der Waals surface area contributed by atoms with Crippen molar-refractivity contribution in [2.24, 2.45) is 10.7 Å². The third-order valence-corrected chi connectivity index (χ3v) is 2.23. The Kier molecular flexibility index (Phi) is 3.77. The fourth-order valence-electron chi connectivity index (χ4n) is 1.46. The average molecular weight is 258 g/mol. The highest BCUT2D eigenvalue weighted by atomic mass is 16.4. The highest BCUT2D eigenvalue weighted by Gasteiger charge is 2.06. The van der Waals surface area contributed by atoms with E-state index in [1.807, 2.05) is 24.3 Å². The van der Waals surface area contributed by atoms with Crippen molar-refractivity contribution >= 4 is 24.0 Å². The molecule has 7 nitrogen and oxygen atoms in total. The van der Waals surface area contributed by atoms with E-state index < -0.39 is 0 Å². The summed E-state index contributed by atoms with van der Waals surface area (Å²) in [7, 11) is 1.78. The number of benzene rings is 1. The molecule has 2 aromatic rings. The second-order valence-corrected chi connectivity index (χ2v) is 3.67. The molecule has 0 saturated carbocycles. The third-order valence-electron chi connectivity index (χ3n) is 2.23. The van der Waals surface area contributed by atoms with Gasteiger partial charge in [-0.2, -0.15) is 4.98 Å². The van der Waals surface area contributed by atoms with E-state index in [2.05, 4.69) is 20.6 Å². The van der Waals surface area contributed by atoms with Gasteiger partial charge in [0.25, 0.3) is 0 Å². The Balaban J connectivity index is 2.23. The number of hydrogen-bond donors (Lipinski definition) is 4. The standard InChI is InChI=1S/C12H14N6O/c1-15-7-16-9-4-2-3-8(5-9)10-6-19-12(17-10)18-11(13)14/h2-7H,1H3,(H,15,16)(H4,13,14,17,18). The summed E-state index contributed by atoms with van der Waals surface area (Å²) in [6, 6.07) is 7.72. The number of nitrogens with two attached hydrogens (primary N) is 1. The maximum Gasteiger partial charge on any atom is 0.301 e. The van der Waals surface area contributed by atoms with E-state index in [9.17, 15) is 0 Å². The van der Waals surface area contributed by atoms with Crippen molar-refractivity contribution < 1.29 is 4.42 Å². The zero-order valence-electron chi connectivity index (χ0n) is 10.3. The second kappa shape index (κ2) is 5.67. The number of hydrogen-bond acceptors (Lipinski definition) is 4. The van der Waals surface area contributed by atoms with Gasteiger partial charge in [-0.05, 0) is 12.1 Å². The van der Waals surface area contributed by atoms with Gasteiger partial charge in [-0.3, -0.25) is 10.7 Å². The Morgan fingerprint density at radius 3 is 3.11 bits per heavy atom. The largest absolute Gasteiger partial charge is 0.431 e. The molecule has 0 unspecified atom stereocenters. The summed E-state index contributed by atoms with van der Waals surface area (Å²) in [6.07, 6.45) is 3.09. The minimum atomic E-state index is -0.222. The SMILES string of the molecule is CNC=Nc1cccc(-c2coc(NC(=N)N)n2)c1. The Bertz CT molecular complexity index is 604. The number of guanidine groups is 1. The van der Waals surface area contributed by atoms with E-state index >= 15 is 0 Å². The van der Waals surface area contributed by atoms with Crippen molar-refractivity contribution in [3.8, 4) is 11.3 Å². The molecule has 0 atom stereocenters. The lowest BCUT2D eigenvalue weighted by atomic mass is 10.1. The molecular formula is C12H14N6O. The summed E-state index contributed by atoms with van der Waals surface area (Å²) in [5.74, 6) is -0.222. The van der Waals surface area contributed by atoms with E-state index in [1.165, 1.54) is 6.26 Å². The number of rotatable bonds is 4. The van der Waals surface area contributed by atoms with Crippen LogP contribution in [0.4, 0.5) is 11.7 Å². The van der Waals surface area contributed by atoms with Crippen LogP contribution in [-0.4, -0.2) is 24.3 Å². The summed E-state index contributed by atoms with van der Waals surface area (Å²) in [5, 5.41) is 12.4. The smallest absolute Gasteiger partial charge is 0.301 e. The number of anilines is 1. The first-order chi connectivity index (χ1) is 9.19. The molecule has 5 N–H and O–H groups in total. The first kappa shape index (κ1) is 12.6. The van der Waals surface area contributed by atoms with Gasteiger partial charge in [0.1, 0.15) is 12.0 Å². The molecule has 98 valence electrons. The van der Waals surface area contributed by atoms with E-state index in [1.54, 1.807) is 13.4 Å². The number of aliphatic imine (C=N–C) groups is 1. The van der Waals surface area contributed by atoms with E-state index in [0.717, 1.165) is 11.3 Å². The van der Waals surface area contributed by atoms with Gasteiger partial charge >= 0.3 is 6.01 Å². The van der Waals surface area contributed by atoms with Crippen LogP contribution in [-0.2, 0) is 0 Å². The molecule has 1 aromatic heterocycles. The minimum absolute atomic E-state index is 0.187. The van der Waals surface area contributed by atoms with E-state index in [-0.39, 0.29) is 12.0 Å². The van der Waals surface area contributed by atoms with Crippen molar-refractivity contribution in [3.63, 3.8) is 0 Å². The normalized spacial score (nSPS) is 10.6. The summed E-state index contributed by atoms with van der Waals surface area (Å²) < 4.78 is 5.16. The molecule has 0 fully saturated rings. The predicted octanol–water partition coefficient (Wildman–Crippen LogP) is 1.53. The molecule has 1 heterocycles. The first-order valence-corrected chi connectivity index (χ1v) is 5.56. The Morgan fingerprint density at radius 2 is 2.37 bits per heavy atom. The van der Waals surface area contributed by atoms with Crippen LogP contribution >= 0.6 is 0 Å². The Labute approximate surface area is 110 Å². The van der Waals surface area contributed by atoms with Crippen molar-refractivity contribution in [1.29, 1.82) is 5.41 Å². The fourth-order valence-corrected chi connectivity index (χ4v) is 1.46. The zero-order valence-corrected chi connectivity index (χ0v) is 10.3. The highest BCUT2D eigenvalue weighted by Crippen LogP contribution is 2.24. The number of nitrogens with zero attached hydrogens (tertiary/aromatic N) is 2. The van der Waals surface area contributed by atoms with Crippen LogP contribution in [0.2, 0.25) is 0 Å². The van der Waals surface area contributed by atoms with Crippen molar-refractivity contribution in [2.75, 3.05) is 12.4 Å². The van der Waals surface area contributed by atoms with Gasteiger partial charge in [0, 0.05) is 12.6 Å². The van der Waals surface area contributed by atoms with Crippen LogP contribution in [0.25, 0.3) is 11.3 Å². The minimum Gasteiger partial charge on any atom is -0.431 e. The van der Waals surface area contributed by atoms with Gasteiger partial charge in [0.15, 0.2) is 5.96 Å². The van der Waals surface area contributed by atoms with Crippen LogP contribution in [0.3, 0.4) is 0 Å². The molecule has 0 aliphatic rings. The Hall–Kier alpha value is -2.83. The molecule has 0 aliphatic heterocycles. The van der Waals surface area contributed by atoms with Crippen LogP contribution in [0.5, 0.6) is 0 Å². The maximum atomic E-state index is 7.10. The highest BCUT2D eigenvalue weighted by molar-refractivity contribution is 5.87. The number of nitrogens with one attached hydrogen (secondary N) is 3. The summed E-state index contributed by atoms with van der Waals surface area (Å²) in [4.78, 5) is 8.38. The summed E-state index contributed by atoms with van der Waals surface area (Å²) >= 11 is 0. The lowest BCUT2D eigenvalue weighted by Gasteiger charge is -1.98. The molecule has 0 bridgehead atoms. The van der Waals surface area contributed by atoms with Crippen LogP contribution < -0.4 is 16.4 Å². The molecule has 7 heteroatoms. The fraction of sp³-hybridized carbons (Fsp3) is 0.0833. The Morgan fingerprint density at radius 1 is 1.53 bits per heavy atom. The van der Waals surface area contributed by atoms with Gasteiger partial charge in [0.2, 0.25) is 0 Å². The molecule has 0 amide bonds. The molecule has 0 saturated heterocycles. The van der Waals surface area contributed by atoms with Gasteiger partial charge in [-0.15, -0.1) is 0 Å². The van der Waals surface area contributed by atoms with E-state index in [4.69, 9.17) is 15.6 Å². The van der Waals surface area contributed by atoms with Crippen LogP contribution in [0, 0.1) is 5.41 Å². The van der Waals surface area contributed by atoms with Gasteiger partial charge < -0.3 is 15.5 Å². The molecule has 0 spiro atoms. The van der Waals surface area contributed by atoms with Crippen LogP contribution in [0.15, 0.2) is 39.9 Å². The zero-order chi connectivity index (χ0) is 13.7. The number of oxazole rings is 1. The lowest BCUT2D eigenvalue weighted by Crippen LogP contribution is -2.20. The van der Waals surface area contributed by atoms with Crippen LogP contribution in [0.1, 0.15) is 0 Å². The maximum absolute atomic E-state index is 7.10. The first-order valence-electron chi connectivity index (χ1n) is 5.56. The monoisotopic (exact) mass is 258 g/mol.